The zero-order valence-electron chi connectivity index (χ0n) is 9.76. The molecular weight excluding hydrogens is 262 g/mol. The molecule has 0 N–H and O–H groups in total. The highest BCUT2D eigenvalue weighted by Gasteiger charge is 2.23. The molecule has 18 heavy (non-hydrogen) atoms. The molecule has 2 heterocycles. The molecule has 0 aromatic carbocycles. The highest BCUT2D eigenvalue weighted by atomic mass is 35.5. The molecule has 98 valence electrons. The third-order valence-corrected chi connectivity index (χ3v) is 2.88. The summed E-state index contributed by atoms with van der Waals surface area (Å²) in [6.07, 6.45) is 0. The number of morpholine rings is 1. The third kappa shape index (κ3) is 2.46. The van der Waals surface area contributed by atoms with Crippen molar-refractivity contribution in [2.45, 2.75) is 0 Å². The van der Waals surface area contributed by atoms with E-state index in [0.717, 1.165) is 0 Å². The predicted molar refractivity (Wildman–Crippen MR) is 65.5 cm³/mol. The van der Waals surface area contributed by atoms with Gasteiger partial charge in [-0.2, -0.15) is 4.98 Å². The molecule has 0 unspecified atom stereocenters. The molecule has 0 aliphatic carbocycles. The van der Waals surface area contributed by atoms with Crippen LogP contribution in [-0.4, -0.2) is 43.3 Å². The molecule has 1 saturated heterocycles. The van der Waals surface area contributed by atoms with Crippen LogP contribution in [0.2, 0.25) is 5.02 Å². The van der Waals surface area contributed by atoms with Crippen molar-refractivity contribution >= 4 is 23.1 Å². The average molecular weight is 274 g/mol. The highest BCUT2D eigenvalue weighted by molar-refractivity contribution is 6.33. The van der Waals surface area contributed by atoms with Gasteiger partial charge in [-0.15, -0.1) is 0 Å². The number of anilines is 1. The number of hydrogen-bond donors (Lipinski definition) is 0. The molecule has 0 saturated carbocycles. The van der Waals surface area contributed by atoms with Crippen molar-refractivity contribution in [1.29, 1.82) is 0 Å². The Hall–Kier alpha value is -1.60. The largest absolute Gasteiger partial charge is 0.476 e. The quantitative estimate of drug-likeness (QED) is 0.613. The Balaban J connectivity index is 2.39. The van der Waals surface area contributed by atoms with Gasteiger partial charge in [0.1, 0.15) is 0 Å². The Kier molecular flexibility index (Phi) is 3.83. The molecular formula is C10H12ClN3O4. The first-order valence-electron chi connectivity index (χ1n) is 5.35. The zero-order valence-corrected chi connectivity index (χ0v) is 10.5. The van der Waals surface area contributed by atoms with E-state index >= 15 is 0 Å². The number of pyridine rings is 1. The second-order valence-corrected chi connectivity index (χ2v) is 4.09. The predicted octanol–water partition coefficient (Wildman–Crippen LogP) is 1.49. The van der Waals surface area contributed by atoms with Gasteiger partial charge in [-0.25, -0.2) is 0 Å². The van der Waals surface area contributed by atoms with E-state index in [0.29, 0.717) is 32.1 Å². The lowest BCUT2D eigenvalue weighted by Crippen LogP contribution is -2.37. The lowest BCUT2D eigenvalue weighted by atomic mass is 10.3. The van der Waals surface area contributed by atoms with Crippen LogP contribution < -0.4 is 9.64 Å². The van der Waals surface area contributed by atoms with Gasteiger partial charge in [0.05, 0.1) is 30.3 Å². The first-order chi connectivity index (χ1) is 8.63. The van der Waals surface area contributed by atoms with Crippen LogP contribution in [0.5, 0.6) is 5.88 Å². The van der Waals surface area contributed by atoms with Gasteiger partial charge in [0, 0.05) is 19.2 Å². The standard InChI is InChI=1S/C10H12ClN3O4/c1-17-10-8(14(15)16)6-7(11)9(12-10)13-2-4-18-5-3-13/h6H,2-5H2,1H3. The number of aromatic nitrogens is 1. The number of hydrogen-bond acceptors (Lipinski definition) is 6. The van der Waals surface area contributed by atoms with Crippen LogP contribution in [0.15, 0.2) is 6.07 Å². The topological polar surface area (TPSA) is 77.7 Å². The van der Waals surface area contributed by atoms with Crippen molar-refractivity contribution in [3.63, 3.8) is 0 Å². The Morgan fingerprint density at radius 3 is 2.78 bits per heavy atom. The maximum absolute atomic E-state index is 10.8. The van der Waals surface area contributed by atoms with Crippen molar-refractivity contribution in [3.8, 4) is 5.88 Å². The fraction of sp³-hybridized carbons (Fsp3) is 0.500. The van der Waals surface area contributed by atoms with Crippen LogP contribution in [0.25, 0.3) is 0 Å². The fourth-order valence-electron chi connectivity index (χ4n) is 1.73. The Bertz CT molecular complexity index is 463. The van der Waals surface area contributed by atoms with E-state index < -0.39 is 4.92 Å². The third-order valence-electron chi connectivity index (χ3n) is 2.60. The van der Waals surface area contributed by atoms with Crippen molar-refractivity contribution in [1.82, 2.24) is 4.98 Å². The number of methoxy groups -OCH3 is 1. The molecule has 0 bridgehead atoms. The first kappa shape index (κ1) is 12.8. The fourth-order valence-corrected chi connectivity index (χ4v) is 2.00. The summed E-state index contributed by atoms with van der Waals surface area (Å²) in [7, 11) is 1.34. The lowest BCUT2D eigenvalue weighted by molar-refractivity contribution is -0.386. The molecule has 0 spiro atoms. The maximum Gasteiger partial charge on any atom is 0.332 e. The molecule has 1 aromatic heterocycles. The molecule has 2 rings (SSSR count). The molecule has 7 nitrogen and oxygen atoms in total. The van der Waals surface area contributed by atoms with Gasteiger partial charge in [0.2, 0.25) is 0 Å². The normalized spacial score (nSPS) is 15.6. The molecule has 1 aromatic rings. The van der Waals surface area contributed by atoms with Gasteiger partial charge in [-0.3, -0.25) is 10.1 Å². The van der Waals surface area contributed by atoms with Crippen LogP contribution in [0.1, 0.15) is 0 Å². The molecule has 1 aliphatic rings. The van der Waals surface area contributed by atoms with E-state index in [4.69, 9.17) is 21.1 Å². The van der Waals surface area contributed by atoms with E-state index in [1.807, 2.05) is 4.90 Å². The molecule has 0 amide bonds. The summed E-state index contributed by atoms with van der Waals surface area (Å²) in [4.78, 5) is 16.3. The van der Waals surface area contributed by atoms with Crippen LogP contribution in [0, 0.1) is 10.1 Å². The summed E-state index contributed by atoms with van der Waals surface area (Å²) in [5.74, 6) is 0.452. The molecule has 1 aliphatic heterocycles. The Morgan fingerprint density at radius 2 is 2.22 bits per heavy atom. The summed E-state index contributed by atoms with van der Waals surface area (Å²) >= 11 is 6.03. The second-order valence-electron chi connectivity index (χ2n) is 3.68. The van der Waals surface area contributed by atoms with Gasteiger partial charge < -0.3 is 14.4 Å². The van der Waals surface area contributed by atoms with Crippen LogP contribution in [0.3, 0.4) is 0 Å². The van der Waals surface area contributed by atoms with Crippen molar-refractivity contribution < 1.29 is 14.4 Å². The number of nitrogens with zero attached hydrogens (tertiary/aromatic N) is 3. The number of rotatable bonds is 3. The SMILES string of the molecule is COc1nc(N2CCOCC2)c(Cl)cc1[N+](=O)[O-]. The minimum Gasteiger partial charge on any atom is -0.476 e. The highest BCUT2D eigenvalue weighted by Crippen LogP contribution is 2.34. The van der Waals surface area contributed by atoms with Crippen molar-refractivity contribution in [2.24, 2.45) is 0 Å². The summed E-state index contributed by atoms with van der Waals surface area (Å²) in [5.41, 5.74) is -0.237. The number of halogens is 1. The maximum atomic E-state index is 10.8. The summed E-state index contributed by atoms with van der Waals surface area (Å²) < 4.78 is 10.2. The summed E-state index contributed by atoms with van der Waals surface area (Å²) in [5, 5.41) is 11.1. The van der Waals surface area contributed by atoms with E-state index in [1.165, 1.54) is 13.2 Å². The van der Waals surface area contributed by atoms with Gasteiger partial charge >= 0.3 is 5.69 Å². The first-order valence-corrected chi connectivity index (χ1v) is 5.73. The van der Waals surface area contributed by atoms with E-state index in [2.05, 4.69) is 4.98 Å². The number of nitro groups is 1. The second kappa shape index (κ2) is 5.36. The number of ether oxygens (including phenoxy) is 2. The molecule has 0 radical (unpaired) electrons. The van der Waals surface area contributed by atoms with Gasteiger partial charge in [-0.1, -0.05) is 11.6 Å². The van der Waals surface area contributed by atoms with Crippen LogP contribution in [-0.2, 0) is 4.74 Å². The van der Waals surface area contributed by atoms with Gasteiger partial charge in [0.25, 0.3) is 5.88 Å². The van der Waals surface area contributed by atoms with E-state index in [1.54, 1.807) is 0 Å². The average Bonchev–Trinajstić information content (AvgIpc) is 2.39. The minimum absolute atomic E-state index is 0.0362. The van der Waals surface area contributed by atoms with E-state index in [9.17, 15) is 10.1 Å². The van der Waals surface area contributed by atoms with Crippen molar-refractivity contribution in [2.75, 3.05) is 38.3 Å². The zero-order chi connectivity index (χ0) is 13.1. The summed E-state index contributed by atoms with van der Waals surface area (Å²) in [6.45, 7) is 2.45. The monoisotopic (exact) mass is 273 g/mol. The Morgan fingerprint density at radius 1 is 1.56 bits per heavy atom. The lowest BCUT2D eigenvalue weighted by Gasteiger charge is -2.28. The van der Waals surface area contributed by atoms with E-state index in [-0.39, 0.29) is 16.6 Å². The smallest absolute Gasteiger partial charge is 0.332 e. The molecule has 1 fully saturated rings. The molecule has 8 heteroatoms. The van der Waals surface area contributed by atoms with Gasteiger partial charge in [0.15, 0.2) is 5.82 Å². The van der Waals surface area contributed by atoms with Crippen LogP contribution >= 0.6 is 11.6 Å². The van der Waals surface area contributed by atoms with Crippen LogP contribution in [0.4, 0.5) is 11.5 Å². The Labute approximate surface area is 108 Å². The minimum atomic E-state index is -0.569. The molecule has 0 atom stereocenters. The van der Waals surface area contributed by atoms with Gasteiger partial charge in [-0.05, 0) is 0 Å². The van der Waals surface area contributed by atoms with Crippen molar-refractivity contribution in [3.05, 3.63) is 21.2 Å². The summed E-state index contributed by atoms with van der Waals surface area (Å²) in [6, 6.07) is 1.26.